The molecule has 0 aromatic carbocycles. The first-order valence-electron chi connectivity index (χ1n) is 4.84. The molecule has 4 heteroatoms. The van der Waals surface area contributed by atoms with Gasteiger partial charge in [-0.2, -0.15) is 0 Å². The van der Waals surface area contributed by atoms with Gasteiger partial charge in [-0.15, -0.1) is 11.3 Å². The number of likely N-dealkylation sites (tertiary alicyclic amines) is 1. The van der Waals surface area contributed by atoms with Crippen molar-refractivity contribution in [2.24, 2.45) is 10.7 Å². The second-order valence-electron chi connectivity index (χ2n) is 3.61. The zero-order chi connectivity index (χ0) is 9.97. The van der Waals surface area contributed by atoms with Crippen LogP contribution < -0.4 is 5.73 Å². The Bertz CT molecular complexity index is 339. The minimum atomic E-state index is 0.697. The lowest BCUT2D eigenvalue weighted by molar-refractivity contribution is 0.295. The van der Waals surface area contributed by atoms with Crippen LogP contribution in [0.2, 0.25) is 0 Å². The van der Waals surface area contributed by atoms with Crippen molar-refractivity contribution in [3.8, 4) is 0 Å². The average Bonchev–Trinajstić information content (AvgIpc) is 2.45. The van der Waals surface area contributed by atoms with Crippen molar-refractivity contribution in [2.75, 3.05) is 13.1 Å². The van der Waals surface area contributed by atoms with Gasteiger partial charge >= 0.3 is 0 Å². The minimum absolute atomic E-state index is 0.697. The first-order chi connectivity index (χ1) is 6.75. The molecule has 0 aliphatic carbocycles. The normalized spacial score (nSPS) is 16.9. The molecule has 2 heterocycles. The Morgan fingerprint density at radius 3 is 2.93 bits per heavy atom. The van der Waals surface area contributed by atoms with E-state index in [4.69, 9.17) is 5.73 Å². The van der Waals surface area contributed by atoms with E-state index in [9.17, 15) is 0 Å². The number of hydrogen-bond acceptors (Lipinski definition) is 2. The van der Waals surface area contributed by atoms with E-state index in [0.29, 0.717) is 5.96 Å². The van der Waals surface area contributed by atoms with E-state index in [1.807, 2.05) is 0 Å². The van der Waals surface area contributed by atoms with Gasteiger partial charge in [0.1, 0.15) is 0 Å². The van der Waals surface area contributed by atoms with Gasteiger partial charge in [0.2, 0.25) is 0 Å². The molecule has 14 heavy (non-hydrogen) atoms. The Hall–Kier alpha value is -1.03. The molecular formula is C10H15N3S. The van der Waals surface area contributed by atoms with Gasteiger partial charge in [0, 0.05) is 18.0 Å². The fourth-order valence-corrected chi connectivity index (χ4v) is 2.18. The number of rotatable bonds is 2. The molecule has 1 aromatic heterocycles. The van der Waals surface area contributed by atoms with Crippen LogP contribution in [-0.4, -0.2) is 23.9 Å². The zero-order valence-corrected chi connectivity index (χ0v) is 9.18. The number of nitrogens with zero attached hydrogens (tertiary/aromatic N) is 2. The summed E-state index contributed by atoms with van der Waals surface area (Å²) >= 11 is 1.75. The fourth-order valence-electron chi connectivity index (χ4n) is 1.38. The number of thiophene rings is 1. The molecule has 0 radical (unpaired) electrons. The monoisotopic (exact) mass is 209 g/mol. The molecule has 1 aliphatic rings. The van der Waals surface area contributed by atoms with Crippen molar-refractivity contribution in [3.05, 3.63) is 21.9 Å². The van der Waals surface area contributed by atoms with Gasteiger partial charge in [0.05, 0.1) is 6.54 Å². The summed E-state index contributed by atoms with van der Waals surface area (Å²) in [5.74, 6) is 0.697. The molecule has 1 aliphatic heterocycles. The van der Waals surface area contributed by atoms with Crippen LogP contribution in [0, 0.1) is 6.92 Å². The van der Waals surface area contributed by atoms with Gasteiger partial charge in [-0.25, -0.2) is 4.99 Å². The molecule has 3 nitrogen and oxygen atoms in total. The summed E-state index contributed by atoms with van der Waals surface area (Å²) in [5, 5.41) is 2.14. The van der Waals surface area contributed by atoms with E-state index in [0.717, 1.165) is 19.6 Å². The Labute approximate surface area is 88.3 Å². The Morgan fingerprint density at radius 2 is 2.43 bits per heavy atom. The van der Waals surface area contributed by atoms with Gasteiger partial charge in [-0.3, -0.25) is 0 Å². The SMILES string of the molecule is Cc1csc(CN=C(N)N2CCC2)c1. The standard InChI is InChI=1S/C10H15N3S/c1-8-5-9(14-7-8)6-12-10(11)13-3-2-4-13/h5,7H,2-4,6H2,1H3,(H2,11,12). The lowest BCUT2D eigenvalue weighted by atomic mass is 10.2. The second kappa shape index (κ2) is 4.00. The van der Waals surface area contributed by atoms with Crippen molar-refractivity contribution < 1.29 is 0 Å². The molecule has 1 fully saturated rings. The van der Waals surface area contributed by atoms with E-state index in [1.165, 1.54) is 16.9 Å². The van der Waals surface area contributed by atoms with Crippen molar-refractivity contribution in [2.45, 2.75) is 19.9 Å². The summed E-state index contributed by atoms with van der Waals surface area (Å²) in [6, 6.07) is 2.16. The van der Waals surface area contributed by atoms with E-state index in [1.54, 1.807) is 11.3 Å². The maximum Gasteiger partial charge on any atom is 0.191 e. The van der Waals surface area contributed by atoms with Gasteiger partial charge in [-0.05, 0) is 30.4 Å². The fraction of sp³-hybridized carbons (Fsp3) is 0.500. The molecule has 2 rings (SSSR count). The molecule has 2 N–H and O–H groups in total. The van der Waals surface area contributed by atoms with Crippen LogP contribution in [-0.2, 0) is 6.54 Å². The minimum Gasteiger partial charge on any atom is -0.370 e. The number of guanidine groups is 1. The Kier molecular flexibility index (Phi) is 2.72. The maximum atomic E-state index is 5.81. The number of aryl methyl sites for hydroxylation is 1. The number of hydrogen-bond donors (Lipinski definition) is 1. The number of aliphatic imine (C=N–C) groups is 1. The van der Waals surface area contributed by atoms with Gasteiger partial charge in [0.15, 0.2) is 5.96 Å². The van der Waals surface area contributed by atoms with E-state index >= 15 is 0 Å². The van der Waals surface area contributed by atoms with E-state index in [2.05, 4.69) is 28.3 Å². The van der Waals surface area contributed by atoms with Crippen molar-refractivity contribution in [1.29, 1.82) is 0 Å². The molecule has 0 atom stereocenters. The highest BCUT2D eigenvalue weighted by Crippen LogP contribution is 2.14. The summed E-state index contributed by atoms with van der Waals surface area (Å²) in [7, 11) is 0. The molecule has 0 amide bonds. The van der Waals surface area contributed by atoms with Crippen LogP contribution in [0.3, 0.4) is 0 Å². The van der Waals surface area contributed by atoms with Crippen LogP contribution in [0.15, 0.2) is 16.4 Å². The van der Waals surface area contributed by atoms with Crippen molar-refractivity contribution in [1.82, 2.24) is 4.90 Å². The van der Waals surface area contributed by atoms with Gasteiger partial charge < -0.3 is 10.6 Å². The summed E-state index contributed by atoms with van der Waals surface area (Å²) < 4.78 is 0. The Morgan fingerprint density at radius 1 is 1.64 bits per heavy atom. The quantitative estimate of drug-likeness (QED) is 0.593. The molecule has 0 bridgehead atoms. The molecular weight excluding hydrogens is 194 g/mol. The van der Waals surface area contributed by atoms with Gasteiger partial charge in [-0.1, -0.05) is 0 Å². The highest BCUT2D eigenvalue weighted by atomic mass is 32.1. The number of nitrogens with two attached hydrogens (primary N) is 1. The third kappa shape index (κ3) is 2.07. The zero-order valence-electron chi connectivity index (χ0n) is 8.36. The molecule has 76 valence electrons. The van der Waals surface area contributed by atoms with Crippen LogP contribution >= 0.6 is 11.3 Å². The van der Waals surface area contributed by atoms with E-state index in [-0.39, 0.29) is 0 Å². The lowest BCUT2D eigenvalue weighted by Crippen LogP contribution is -2.46. The Balaban J connectivity index is 1.91. The lowest BCUT2D eigenvalue weighted by Gasteiger charge is -2.31. The predicted octanol–water partition coefficient (Wildman–Crippen LogP) is 1.58. The highest BCUT2D eigenvalue weighted by molar-refractivity contribution is 7.10. The van der Waals surface area contributed by atoms with Crippen molar-refractivity contribution >= 4 is 17.3 Å². The van der Waals surface area contributed by atoms with Crippen molar-refractivity contribution in [3.63, 3.8) is 0 Å². The van der Waals surface area contributed by atoms with Crippen LogP contribution in [0.1, 0.15) is 16.9 Å². The smallest absolute Gasteiger partial charge is 0.191 e. The summed E-state index contributed by atoms with van der Waals surface area (Å²) in [6.07, 6.45) is 1.24. The molecule has 1 saturated heterocycles. The second-order valence-corrected chi connectivity index (χ2v) is 4.60. The van der Waals surface area contributed by atoms with Crippen LogP contribution in [0.4, 0.5) is 0 Å². The van der Waals surface area contributed by atoms with Gasteiger partial charge in [0.25, 0.3) is 0 Å². The summed E-state index contributed by atoms with van der Waals surface area (Å²) in [5.41, 5.74) is 7.12. The largest absolute Gasteiger partial charge is 0.370 e. The third-order valence-corrected chi connectivity index (χ3v) is 3.40. The first kappa shape index (κ1) is 9.52. The molecule has 0 spiro atoms. The van der Waals surface area contributed by atoms with Crippen LogP contribution in [0.5, 0.6) is 0 Å². The highest BCUT2D eigenvalue weighted by Gasteiger charge is 2.15. The molecule has 0 unspecified atom stereocenters. The van der Waals surface area contributed by atoms with Crippen LogP contribution in [0.25, 0.3) is 0 Å². The first-order valence-corrected chi connectivity index (χ1v) is 5.72. The van der Waals surface area contributed by atoms with E-state index < -0.39 is 0 Å². The summed E-state index contributed by atoms with van der Waals surface area (Å²) in [6.45, 7) is 4.96. The topological polar surface area (TPSA) is 41.6 Å². The third-order valence-electron chi connectivity index (χ3n) is 2.36. The average molecular weight is 209 g/mol. The summed E-state index contributed by atoms with van der Waals surface area (Å²) in [4.78, 5) is 7.76. The molecule has 1 aromatic rings. The molecule has 0 saturated carbocycles. The maximum absolute atomic E-state index is 5.81. The predicted molar refractivity (Wildman–Crippen MR) is 60.6 cm³/mol.